The highest BCUT2D eigenvalue weighted by molar-refractivity contribution is 6.30. The standard InChI is InChI=1S/C23H27ClN4O2/c1-14(15-5-8-17(24)9-6-15)28-13-18(12-25-28)26-22(29)21-19-11-16(23(2,3)4)7-10-20(19)30-27-21/h5-6,8-9,12-14,16H,7,10-11H2,1-4H3,(H,26,29). The molecule has 0 saturated heterocycles. The first-order chi connectivity index (χ1) is 14.2. The average molecular weight is 427 g/mol. The number of halogens is 1. The molecule has 1 aliphatic carbocycles. The lowest BCUT2D eigenvalue weighted by molar-refractivity contribution is 0.101. The number of carbonyl (C=O) groups excluding carboxylic acids is 1. The molecule has 1 N–H and O–H groups in total. The van der Waals surface area contributed by atoms with Gasteiger partial charge in [0.2, 0.25) is 0 Å². The van der Waals surface area contributed by atoms with E-state index in [4.69, 9.17) is 16.1 Å². The van der Waals surface area contributed by atoms with Crippen molar-refractivity contribution in [1.82, 2.24) is 14.9 Å². The molecular weight excluding hydrogens is 400 g/mol. The molecule has 4 rings (SSSR count). The van der Waals surface area contributed by atoms with Crippen LogP contribution >= 0.6 is 11.6 Å². The van der Waals surface area contributed by atoms with Gasteiger partial charge < -0.3 is 9.84 Å². The zero-order valence-electron chi connectivity index (χ0n) is 17.8. The Morgan fingerprint density at radius 2 is 2.03 bits per heavy atom. The fourth-order valence-corrected chi connectivity index (χ4v) is 4.15. The van der Waals surface area contributed by atoms with Crippen LogP contribution in [-0.2, 0) is 12.8 Å². The molecule has 0 fully saturated rings. The van der Waals surface area contributed by atoms with Crippen LogP contribution in [0, 0.1) is 11.3 Å². The molecule has 1 aliphatic rings. The van der Waals surface area contributed by atoms with Crippen LogP contribution in [0.2, 0.25) is 5.02 Å². The Morgan fingerprint density at radius 3 is 2.73 bits per heavy atom. The molecule has 2 aromatic heterocycles. The van der Waals surface area contributed by atoms with Gasteiger partial charge >= 0.3 is 0 Å². The average Bonchev–Trinajstić information content (AvgIpc) is 3.33. The second kappa shape index (κ2) is 7.91. The summed E-state index contributed by atoms with van der Waals surface area (Å²) in [7, 11) is 0. The molecule has 0 spiro atoms. The highest BCUT2D eigenvalue weighted by atomic mass is 35.5. The zero-order chi connectivity index (χ0) is 21.5. The van der Waals surface area contributed by atoms with Crippen LogP contribution in [0.15, 0.2) is 41.2 Å². The van der Waals surface area contributed by atoms with Crippen LogP contribution in [0.3, 0.4) is 0 Å². The van der Waals surface area contributed by atoms with Crippen molar-refractivity contribution in [3.63, 3.8) is 0 Å². The van der Waals surface area contributed by atoms with Gasteiger partial charge in [0.05, 0.1) is 17.9 Å². The summed E-state index contributed by atoms with van der Waals surface area (Å²) in [4.78, 5) is 12.9. The van der Waals surface area contributed by atoms with Gasteiger partial charge in [-0.1, -0.05) is 49.7 Å². The Hall–Kier alpha value is -2.60. The quantitative estimate of drug-likeness (QED) is 0.594. The molecule has 30 heavy (non-hydrogen) atoms. The van der Waals surface area contributed by atoms with E-state index in [0.29, 0.717) is 22.3 Å². The second-order valence-corrected chi connectivity index (χ2v) is 9.57. The first-order valence-corrected chi connectivity index (χ1v) is 10.7. The Labute approximate surface area is 181 Å². The van der Waals surface area contributed by atoms with Gasteiger partial charge in [0.25, 0.3) is 5.91 Å². The fraction of sp³-hybridized carbons (Fsp3) is 0.435. The van der Waals surface area contributed by atoms with E-state index in [-0.39, 0.29) is 17.4 Å². The van der Waals surface area contributed by atoms with Gasteiger partial charge in [-0.25, -0.2) is 0 Å². The smallest absolute Gasteiger partial charge is 0.278 e. The number of hydrogen-bond acceptors (Lipinski definition) is 4. The maximum Gasteiger partial charge on any atom is 0.278 e. The van der Waals surface area contributed by atoms with Crippen molar-refractivity contribution >= 4 is 23.2 Å². The second-order valence-electron chi connectivity index (χ2n) is 9.13. The summed E-state index contributed by atoms with van der Waals surface area (Å²) in [5.74, 6) is 1.08. The molecule has 2 unspecified atom stereocenters. The van der Waals surface area contributed by atoms with Crippen molar-refractivity contribution in [2.24, 2.45) is 11.3 Å². The fourth-order valence-electron chi connectivity index (χ4n) is 4.02. The number of amides is 1. The summed E-state index contributed by atoms with van der Waals surface area (Å²) in [5, 5.41) is 12.1. The van der Waals surface area contributed by atoms with Crippen LogP contribution in [0.4, 0.5) is 5.69 Å². The largest absolute Gasteiger partial charge is 0.360 e. The minimum absolute atomic E-state index is 0.0141. The topological polar surface area (TPSA) is 73.0 Å². The van der Waals surface area contributed by atoms with E-state index in [1.165, 1.54) is 0 Å². The lowest BCUT2D eigenvalue weighted by Crippen LogP contribution is -2.27. The van der Waals surface area contributed by atoms with Crippen molar-refractivity contribution in [2.75, 3.05) is 5.32 Å². The number of fused-ring (bicyclic) bond motifs is 1. The zero-order valence-corrected chi connectivity index (χ0v) is 18.5. The molecule has 0 aliphatic heterocycles. The lowest BCUT2D eigenvalue weighted by Gasteiger charge is -2.33. The molecule has 0 radical (unpaired) electrons. The highest BCUT2D eigenvalue weighted by Crippen LogP contribution is 2.38. The van der Waals surface area contributed by atoms with E-state index < -0.39 is 0 Å². The Bertz CT molecular complexity index is 1050. The minimum atomic E-state index is -0.256. The van der Waals surface area contributed by atoms with Gasteiger partial charge in [0.1, 0.15) is 5.76 Å². The number of aromatic nitrogens is 3. The Kier molecular flexibility index (Phi) is 5.45. The summed E-state index contributed by atoms with van der Waals surface area (Å²) >= 11 is 5.97. The Balaban J connectivity index is 1.48. The summed E-state index contributed by atoms with van der Waals surface area (Å²) in [6.45, 7) is 8.77. The molecule has 0 saturated carbocycles. The number of carbonyl (C=O) groups is 1. The number of anilines is 1. The van der Waals surface area contributed by atoms with Crippen LogP contribution in [-0.4, -0.2) is 20.8 Å². The third kappa shape index (κ3) is 4.15. The monoisotopic (exact) mass is 426 g/mol. The van der Waals surface area contributed by atoms with E-state index in [1.54, 1.807) is 6.20 Å². The molecule has 158 valence electrons. The van der Waals surface area contributed by atoms with E-state index >= 15 is 0 Å². The molecule has 6 nitrogen and oxygen atoms in total. The van der Waals surface area contributed by atoms with Gasteiger partial charge in [0.15, 0.2) is 5.69 Å². The van der Waals surface area contributed by atoms with Gasteiger partial charge in [-0.05, 0) is 48.8 Å². The van der Waals surface area contributed by atoms with Crippen molar-refractivity contribution in [3.05, 3.63) is 64.3 Å². The Morgan fingerprint density at radius 1 is 1.30 bits per heavy atom. The third-order valence-corrected chi connectivity index (χ3v) is 6.34. The van der Waals surface area contributed by atoms with Crippen molar-refractivity contribution in [3.8, 4) is 0 Å². The van der Waals surface area contributed by atoms with E-state index in [2.05, 4.69) is 36.3 Å². The maximum absolute atomic E-state index is 12.9. The molecule has 0 bridgehead atoms. The first kappa shape index (κ1) is 20.7. The number of nitrogens with zero attached hydrogens (tertiary/aromatic N) is 3. The van der Waals surface area contributed by atoms with Crippen molar-refractivity contribution in [2.45, 2.75) is 53.0 Å². The number of hydrogen-bond donors (Lipinski definition) is 1. The normalized spacial score (nSPS) is 17.4. The molecule has 7 heteroatoms. The number of benzene rings is 1. The molecule has 1 aromatic carbocycles. The van der Waals surface area contributed by atoms with E-state index in [0.717, 1.165) is 36.1 Å². The minimum Gasteiger partial charge on any atom is -0.360 e. The third-order valence-electron chi connectivity index (χ3n) is 6.09. The molecule has 3 aromatic rings. The van der Waals surface area contributed by atoms with E-state index in [9.17, 15) is 4.79 Å². The van der Waals surface area contributed by atoms with Crippen molar-refractivity contribution < 1.29 is 9.32 Å². The molecular formula is C23H27ClN4O2. The predicted molar refractivity (Wildman–Crippen MR) is 117 cm³/mol. The van der Waals surface area contributed by atoms with Crippen LogP contribution in [0.5, 0.6) is 0 Å². The SMILES string of the molecule is CC(c1ccc(Cl)cc1)n1cc(NC(=O)c2noc3c2CC(C(C)(C)C)CC3)cn1. The molecule has 2 atom stereocenters. The highest BCUT2D eigenvalue weighted by Gasteiger charge is 2.34. The number of aryl methyl sites for hydroxylation is 1. The number of nitrogens with one attached hydrogen (secondary N) is 1. The first-order valence-electron chi connectivity index (χ1n) is 10.3. The maximum atomic E-state index is 12.9. The van der Waals surface area contributed by atoms with Crippen LogP contribution < -0.4 is 5.32 Å². The van der Waals surface area contributed by atoms with Gasteiger partial charge in [-0.15, -0.1) is 0 Å². The van der Waals surface area contributed by atoms with Crippen LogP contribution in [0.1, 0.15) is 67.5 Å². The summed E-state index contributed by atoms with van der Waals surface area (Å²) < 4.78 is 7.29. The van der Waals surface area contributed by atoms with Crippen molar-refractivity contribution in [1.29, 1.82) is 0 Å². The van der Waals surface area contributed by atoms with Gasteiger partial charge in [-0.2, -0.15) is 5.10 Å². The van der Waals surface area contributed by atoms with Gasteiger partial charge in [-0.3, -0.25) is 9.48 Å². The van der Waals surface area contributed by atoms with Gasteiger partial charge in [0, 0.05) is 23.2 Å². The lowest BCUT2D eigenvalue weighted by atomic mass is 9.71. The summed E-state index contributed by atoms with van der Waals surface area (Å²) in [6, 6.07) is 7.68. The summed E-state index contributed by atoms with van der Waals surface area (Å²) in [5.41, 5.74) is 3.22. The number of rotatable bonds is 4. The molecule has 1 amide bonds. The molecule has 2 heterocycles. The van der Waals surface area contributed by atoms with Crippen LogP contribution in [0.25, 0.3) is 0 Å². The van der Waals surface area contributed by atoms with E-state index in [1.807, 2.05) is 42.1 Å². The summed E-state index contributed by atoms with van der Waals surface area (Å²) in [6.07, 6.45) is 6.17. The predicted octanol–water partition coefficient (Wildman–Crippen LogP) is 5.54.